The highest BCUT2D eigenvalue weighted by Crippen LogP contribution is 2.53. The molecule has 0 saturated heterocycles. The summed E-state index contributed by atoms with van der Waals surface area (Å²) in [6, 6.07) is 11.4. The van der Waals surface area contributed by atoms with Crippen LogP contribution in [0.25, 0.3) is 11.1 Å². The summed E-state index contributed by atoms with van der Waals surface area (Å²) in [6.07, 6.45) is 0. The lowest BCUT2D eigenvalue weighted by Crippen LogP contribution is -2.52. The van der Waals surface area contributed by atoms with Crippen molar-refractivity contribution >= 4 is 28.6 Å². The molecule has 1 aliphatic heterocycles. The van der Waals surface area contributed by atoms with Crippen molar-refractivity contribution in [3.8, 4) is 0 Å². The van der Waals surface area contributed by atoms with E-state index in [1.807, 2.05) is 0 Å². The Balaban J connectivity index is 1.95. The van der Waals surface area contributed by atoms with Crippen LogP contribution in [-0.2, 0) is 21.1 Å². The SMILES string of the molecule is CC(=O)N1C(=O)C(O)(C(F)(F)c2nc3ccccc3o2)c2ccccc21. The topological polar surface area (TPSA) is 83.6 Å². The quantitative estimate of drug-likeness (QED) is 0.762. The maximum absolute atomic E-state index is 15.3. The van der Waals surface area contributed by atoms with Crippen LogP contribution in [0.5, 0.6) is 0 Å². The number of fused-ring (bicyclic) bond motifs is 2. The predicted octanol–water partition coefficient (Wildman–Crippen LogP) is 2.70. The van der Waals surface area contributed by atoms with E-state index in [1.54, 1.807) is 12.1 Å². The number of oxazole rings is 1. The summed E-state index contributed by atoms with van der Waals surface area (Å²) in [4.78, 5) is 28.7. The van der Waals surface area contributed by atoms with Crippen molar-refractivity contribution in [2.45, 2.75) is 18.4 Å². The first-order valence-electron chi connectivity index (χ1n) is 7.69. The molecule has 0 spiro atoms. The number of carbonyl (C=O) groups excluding carboxylic acids is 2. The van der Waals surface area contributed by atoms with Crippen molar-refractivity contribution in [2.24, 2.45) is 0 Å². The van der Waals surface area contributed by atoms with Crippen LogP contribution in [-0.4, -0.2) is 21.9 Å². The van der Waals surface area contributed by atoms with Gasteiger partial charge in [-0.1, -0.05) is 30.3 Å². The number of hydrogen-bond donors (Lipinski definition) is 1. The summed E-state index contributed by atoms with van der Waals surface area (Å²) >= 11 is 0. The first kappa shape index (κ1) is 16.3. The monoisotopic (exact) mass is 358 g/mol. The van der Waals surface area contributed by atoms with Crippen LogP contribution in [0, 0.1) is 0 Å². The van der Waals surface area contributed by atoms with Gasteiger partial charge in [-0.3, -0.25) is 9.59 Å². The van der Waals surface area contributed by atoms with Gasteiger partial charge in [-0.2, -0.15) is 8.78 Å². The Bertz CT molecular complexity index is 1030. The van der Waals surface area contributed by atoms with Crippen LogP contribution in [0.2, 0.25) is 0 Å². The number of aliphatic hydroxyl groups is 1. The Morgan fingerprint density at radius 1 is 1.19 bits per heavy atom. The molecule has 1 unspecified atom stereocenters. The summed E-state index contributed by atoms with van der Waals surface area (Å²) in [5.41, 5.74) is -3.53. The van der Waals surface area contributed by atoms with E-state index in [2.05, 4.69) is 4.98 Å². The molecular weight excluding hydrogens is 346 g/mol. The van der Waals surface area contributed by atoms with Crippen LogP contribution in [0.4, 0.5) is 14.5 Å². The molecular formula is C18H12F2N2O4. The fourth-order valence-electron chi connectivity index (χ4n) is 3.14. The average molecular weight is 358 g/mol. The molecule has 1 N–H and O–H groups in total. The Morgan fingerprint density at radius 2 is 1.85 bits per heavy atom. The minimum atomic E-state index is -4.20. The van der Waals surface area contributed by atoms with Crippen molar-refractivity contribution in [1.29, 1.82) is 0 Å². The predicted molar refractivity (Wildman–Crippen MR) is 86.4 cm³/mol. The third-order valence-electron chi connectivity index (χ3n) is 4.38. The van der Waals surface area contributed by atoms with Crippen molar-refractivity contribution in [3.05, 3.63) is 60.0 Å². The minimum Gasteiger partial charge on any atom is -0.435 e. The number of nitrogens with zero attached hydrogens (tertiary/aromatic N) is 2. The number of anilines is 1. The highest BCUT2D eigenvalue weighted by Gasteiger charge is 2.69. The van der Waals surface area contributed by atoms with Crippen molar-refractivity contribution in [1.82, 2.24) is 4.98 Å². The smallest absolute Gasteiger partial charge is 0.363 e. The van der Waals surface area contributed by atoms with Crippen molar-refractivity contribution < 1.29 is 27.9 Å². The standard InChI is InChI=1S/C18H12F2N2O4/c1-10(23)22-13-8-4-2-6-11(13)17(25,16(22)24)18(19,20)15-21-12-7-3-5-9-14(12)26-15/h2-9,25H,1H3. The molecule has 26 heavy (non-hydrogen) atoms. The van der Waals surface area contributed by atoms with E-state index >= 15 is 8.78 Å². The molecule has 4 rings (SSSR count). The zero-order valence-corrected chi connectivity index (χ0v) is 13.4. The molecule has 1 aliphatic rings. The lowest BCUT2D eigenvalue weighted by Gasteiger charge is -2.28. The Kier molecular flexibility index (Phi) is 3.26. The number of amides is 2. The van der Waals surface area contributed by atoms with Gasteiger partial charge in [0.25, 0.3) is 11.8 Å². The molecule has 2 amide bonds. The van der Waals surface area contributed by atoms with E-state index in [9.17, 15) is 14.7 Å². The third kappa shape index (κ3) is 1.90. The molecule has 2 aromatic carbocycles. The third-order valence-corrected chi connectivity index (χ3v) is 4.38. The number of para-hydroxylation sites is 3. The number of hydrogen-bond acceptors (Lipinski definition) is 5. The number of carbonyl (C=O) groups is 2. The molecule has 8 heteroatoms. The van der Waals surface area contributed by atoms with Crippen LogP contribution in [0.3, 0.4) is 0 Å². The second kappa shape index (κ2) is 5.18. The highest BCUT2D eigenvalue weighted by atomic mass is 19.3. The van der Waals surface area contributed by atoms with Gasteiger partial charge >= 0.3 is 5.92 Å². The van der Waals surface area contributed by atoms with Crippen molar-refractivity contribution in [3.63, 3.8) is 0 Å². The number of halogens is 2. The van der Waals surface area contributed by atoms with Gasteiger partial charge in [-0.15, -0.1) is 0 Å². The van der Waals surface area contributed by atoms with E-state index < -0.39 is 29.2 Å². The Labute approximate surface area is 145 Å². The maximum Gasteiger partial charge on any atom is 0.363 e. The van der Waals surface area contributed by atoms with E-state index in [0.717, 1.165) is 6.92 Å². The van der Waals surface area contributed by atoms with Gasteiger partial charge in [0, 0.05) is 12.5 Å². The Hall–Kier alpha value is -3.13. The first-order valence-corrected chi connectivity index (χ1v) is 7.69. The van der Waals surface area contributed by atoms with Gasteiger partial charge in [0.15, 0.2) is 5.58 Å². The van der Waals surface area contributed by atoms with Crippen LogP contribution in [0.15, 0.2) is 52.9 Å². The summed E-state index contributed by atoms with van der Waals surface area (Å²) in [7, 11) is 0. The van der Waals surface area contributed by atoms with Gasteiger partial charge < -0.3 is 9.52 Å². The molecule has 0 radical (unpaired) electrons. The fourth-order valence-corrected chi connectivity index (χ4v) is 3.14. The Morgan fingerprint density at radius 3 is 2.54 bits per heavy atom. The molecule has 0 fully saturated rings. The number of rotatable bonds is 2. The van der Waals surface area contributed by atoms with Crippen LogP contribution >= 0.6 is 0 Å². The van der Waals surface area contributed by atoms with Crippen LogP contribution < -0.4 is 4.90 Å². The molecule has 132 valence electrons. The van der Waals surface area contributed by atoms with E-state index in [0.29, 0.717) is 4.90 Å². The maximum atomic E-state index is 15.3. The van der Waals surface area contributed by atoms with E-state index in [4.69, 9.17) is 4.42 Å². The van der Waals surface area contributed by atoms with Crippen molar-refractivity contribution in [2.75, 3.05) is 4.90 Å². The first-order chi connectivity index (χ1) is 12.3. The lowest BCUT2D eigenvalue weighted by molar-refractivity contribution is -0.204. The van der Waals surface area contributed by atoms with Gasteiger partial charge in [-0.25, -0.2) is 9.88 Å². The fraction of sp³-hybridized carbons (Fsp3) is 0.167. The molecule has 0 bridgehead atoms. The van der Waals surface area contributed by atoms with Gasteiger partial charge in [0.05, 0.1) is 5.69 Å². The highest BCUT2D eigenvalue weighted by molar-refractivity contribution is 6.22. The zero-order chi connectivity index (χ0) is 18.7. The second-order valence-electron chi connectivity index (χ2n) is 5.95. The van der Waals surface area contributed by atoms with E-state index in [-0.39, 0.29) is 22.4 Å². The molecule has 0 aliphatic carbocycles. The number of aromatic nitrogens is 1. The molecule has 1 atom stereocenters. The summed E-state index contributed by atoms with van der Waals surface area (Å²) in [6.45, 7) is 1.05. The second-order valence-corrected chi connectivity index (χ2v) is 5.95. The summed E-state index contributed by atoms with van der Waals surface area (Å²) in [5.74, 6) is -7.54. The molecule has 2 heterocycles. The van der Waals surface area contributed by atoms with E-state index in [1.165, 1.54) is 36.4 Å². The number of alkyl halides is 2. The van der Waals surface area contributed by atoms with Gasteiger partial charge in [0.2, 0.25) is 11.5 Å². The number of benzene rings is 2. The number of imide groups is 1. The molecule has 6 nitrogen and oxygen atoms in total. The average Bonchev–Trinajstić information content (AvgIpc) is 3.14. The van der Waals surface area contributed by atoms with Gasteiger partial charge in [0.1, 0.15) is 5.52 Å². The summed E-state index contributed by atoms with van der Waals surface area (Å²) in [5, 5.41) is 10.8. The normalized spacial score (nSPS) is 19.8. The summed E-state index contributed by atoms with van der Waals surface area (Å²) < 4.78 is 35.7. The molecule has 1 aromatic heterocycles. The molecule has 3 aromatic rings. The zero-order valence-electron chi connectivity index (χ0n) is 13.4. The van der Waals surface area contributed by atoms with Gasteiger partial charge in [-0.05, 0) is 18.2 Å². The van der Waals surface area contributed by atoms with Crippen LogP contribution in [0.1, 0.15) is 18.4 Å². The minimum absolute atomic E-state index is 0.0907. The lowest BCUT2D eigenvalue weighted by atomic mass is 9.88. The largest absolute Gasteiger partial charge is 0.435 e. The molecule has 0 saturated carbocycles.